The molecule has 0 fully saturated rings. The van der Waals surface area contributed by atoms with Gasteiger partial charge in [-0.15, -0.1) is 0 Å². The quantitative estimate of drug-likeness (QED) is 0.233. The maximum atomic E-state index is 12.7. The molecule has 0 bridgehead atoms. The zero-order chi connectivity index (χ0) is 27.6. The summed E-state index contributed by atoms with van der Waals surface area (Å²) in [7, 11) is 1.64. The molecule has 196 valence electrons. The predicted octanol–water partition coefficient (Wildman–Crippen LogP) is 5.71. The van der Waals surface area contributed by atoms with Gasteiger partial charge in [-0.3, -0.25) is 14.8 Å². The lowest BCUT2D eigenvalue weighted by atomic mass is 10.0. The third kappa shape index (κ3) is 5.13. The topological polar surface area (TPSA) is 116 Å². The number of pyridine rings is 3. The number of halogens is 1. The number of aliphatic imine (C=N–C) groups is 1. The van der Waals surface area contributed by atoms with Crippen molar-refractivity contribution in [3.05, 3.63) is 104 Å². The lowest BCUT2D eigenvalue weighted by Crippen LogP contribution is -2.27. The molecule has 3 heterocycles. The molecule has 3 N–H and O–H groups in total. The Morgan fingerprint density at radius 2 is 1.95 bits per heavy atom. The van der Waals surface area contributed by atoms with Crippen LogP contribution in [-0.4, -0.2) is 32.4 Å². The lowest BCUT2D eigenvalue weighted by Gasteiger charge is -2.21. The van der Waals surface area contributed by atoms with Crippen LogP contribution in [0.5, 0.6) is 5.75 Å². The first-order chi connectivity index (χ1) is 18.2. The summed E-state index contributed by atoms with van der Waals surface area (Å²) in [4.78, 5) is 26.5. The van der Waals surface area contributed by atoms with Gasteiger partial charge in [0, 0.05) is 41.1 Å². The van der Waals surface area contributed by atoms with Gasteiger partial charge in [0.15, 0.2) is 0 Å². The number of nitrogens with two attached hydrogens (primary N) is 1. The maximum absolute atomic E-state index is 12.7. The first kappa shape index (κ1) is 26.9. The van der Waals surface area contributed by atoms with Crippen LogP contribution in [-0.2, 0) is 6.61 Å². The van der Waals surface area contributed by atoms with Crippen LogP contribution in [0.25, 0.3) is 10.9 Å². The zero-order valence-corrected chi connectivity index (χ0v) is 22.7. The Balaban J connectivity index is 1.78. The zero-order valence-electron chi connectivity index (χ0n) is 22.0. The number of hydrogen-bond donors (Lipinski definition) is 2. The molecule has 0 amide bonds. The number of aromatic nitrogens is 3. The van der Waals surface area contributed by atoms with Crippen LogP contribution in [0.2, 0.25) is 5.02 Å². The van der Waals surface area contributed by atoms with Gasteiger partial charge in [0.05, 0.1) is 22.4 Å². The van der Waals surface area contributed by atoms with Crippen molar-refractivity contribution in [3.63, 3.8) is 0 Å². The minimum Gasteiger partial charge on any atom is -0.506 e. The molecule has 0 saturated carbocycles. The largest absolute Gasteiger partial charge is 0.506 e. The highest BCUT2D eigenvalue weighted by atomic mass is 35.5. The molecule has 0 saturated heterocycles. The molecule has 38 heavy (non-hydrogen) atoms. The monoisotopic (exact) mass is 531 g/mol. The number of hydrogen-bond acceptors (Lipinski definition) is 7. The van der Waals surface area contributed by atoms with E-state index in [2.05, 4.69) is 4.99 Å². The summed E-state index contributed by atoms with van der Waals surface area (Å²) in [5.74, 6) is 0.623. The molecule has 0 radical (unpaired) electrons. The van der Waals surface area contributed by atoms with Crippen molar-refractivity contribution in [2.75, 3.05) is 12.8 Å². The van der Waals surface area contributed by atoms with E-state index in [0.717, 1.165) is 22.3 Å². The summed E-state index contributed by atoms with van der Waals surface area (Å²) < 4.78 is 7.83. The molecule has 1 atom stereocenters. The molecule has 4 rings (SSSR count). The van der Waals surface area contributed by atoms with Gasteiger partial charge in [-0.05, 0) is 64.1 Å². The number of aliphatic hydroxyl groups excluding tert-OH is 1. The Bertz CT molecular complexity index is 1640. The summed E-state index contributed by atoms with van der Waals surface area (Å²) in [5.41, 5.74) is 10.3. The number of benzene rings is 1. The van der Waals surface area contributed by atoms with Gasteiger partial charge in [0.1, 0.15) is 29.3 Å². The van der Waals surface area contributed by atoms with Crippen molar-refractivity contribution in [2.24, 2.45) is 4.99 Å². The van der Waals surface area contributed by atoms with Crippen molar-refractivity contribution in [3.8, 4) is 5.75 Å². The Hall–Kier alpha value is -4.17. The first-order valence-corrected chi connectivity index (χ1v) is 12.5. The molecule has 0 aliphatic rings. The molecule has 3 aromatic heterocycles. The number of nitrogen functional groups attached to an aromatic ring is 1. The summed E-state index contributed by atoms with van der Waals surface area (Å²) in [6, 6.07) is 12.1. The van der Waals surface area contributed by atoms with E-state index < -0.39 is 6.04 Å². The van der Waals surface area contributed by atoms with Gasteiger partial charge in [-0.1, -0.05) is 23.7 Å². The number of rotatable bonds is 7. The highest BCUT2D eigenvalue weighted by molar-refractivity contribution is 6.31. The highest BCUT2D eigenvalue weighted by Crippen LogP contribution is 2.32. The predicted molar refractivity (Wildman–Crippen MR) is 153 cm³/mol. The molecule has 4 aromatic rings. The van der Waals surface area contributed by atoms with E-state index in [1.807, 2.05) is 45.0 Å². The molecule has 1 aromatic carbocycles. The van der Waals surface area contributed by atoms with E-state index >= 15 is 0 Å². The fourth-order valence-corrected chi connectivity index (χ4v) is 4.77. The van der Waals surface area contributed by atoms with Gasteiger partial charge in [-0.2, -0.15) is 0 Å². The maximum Gasteiger partial charge on any atom is 0.274 e. The summed E-state index contributed by atoms with van der Waals surface area (Å²) in [5, 5.41) is 11.7. The Morgan fingerprint density at radius 3 is 2.66 bits per heavy atom. The average molecular weight is 532 g/mol. The Kier molecular flexibility index (Phi) is 7.83. The van der Waals surface area contributed by atoms with Crippen LogP contribution in [0.4, 0.5) is 5.69 Å². The van der Waals surface area contributed by atoms with Gasteiger partial charge in [0.2, 0.25) is 0 Å². The van der Waals surface area contributed by atoms with Crippen molar-refractivity contribution in [2.45, 2.75) is 40.3 Å². The highest BCUT2D eigenvalue weighted by Gasteiger charge is 2.21. The van der Waals surface area contributed by atoms with Gasteiger partial charge in [0.25, 0.3) is 5.56 Å². The number of para-hydroxylation sites is 1. The van der Waals surface area contributed by atoms with Crippen molar-refractivity contribution in [1.29, 1.82) is 0 Å². The molecule has 0 aliphatic heterocycles. The third-order valence-corrected chi connectivity index (χ3v) is 6.68. The minimum atomic E-state index is -0.436. The third-order valence-electron chi connectivity index (χ3n) is 6.34. The smallest absolute Gasteiger partial charge is 0.274 e. The number of aliphatic hydroxyl groups is 1. The van der Waals surface area contributed by atoms with E-state index in [1.54, 1.807) is 44.4 Å². The van der Waals surface area contributed by atoms with Gasteiger partial charge in [-0.25, -0.2) is 4.98 Å². The molecule has 9 heteroatoms. The van der Waals surface area contributed by atoms with Crippen LogP contribution in [0, 0.1) is 13.8 Å². The van der Waals surface area contributed by atoms with Crippen LogP contribution in [0.15, 0.2) is 70.3 Å². The number of aryl methyl sites for hydroxylation is 2. The van der Waals surface area contributed by atoms with Crippen LogP contribution < -0.4 is 16.0 Å². The molecule has 0 aliphatic carbocycles. The molecular weight excluding hydrogens is 502 g/mol. The van der Waals surface area contributed by atoms with Gasteiger partial charge < -0.3 is 20.1 Å². The lowest BCUT2D eigenvalue weighted by molar-refractivity contribution is 0.306. The second-order valence-electron chi connectivity index (χ2n) is 8.96. The van der Waals surface area contributed by atoms with Crippen LogP contribution >= 0.6 is 11.6 Å². The molecule has 0 spiro atoms. The summed E-state index contributed by atoms with van der Waals surface area (Å²) in [6.07, 6.45) is 3.28. The molecule has 8 nitrogen and oxygen atoms in total. The van der Waals surface area contributed by atoms with Crippen LogP contribution in [0.3, 0.4) is 0 Å². The summed E-state index contributed by atoms with van der Waals surface area (Å²) >= 11 is 6.69. The fourth-order valence-electron chi connectivity index (χ4n) is 4.46. The van der Waals surface area contributed by atoms with E-state index in [9.17, 15) is 9.90 Å². The second-order valence-corrected chi connectivity index (χ2v) is 9.37. The van der Waals surface area contributed by atoms with Crippen molar-refractivity contribution < 1.29 is 9.84 Å². The minimum absolute atomic E-state index is 0.0821. The SMILES string of the molecule is C/C=C(O)\C(=N/C)c1cc(C)nc2c(OCc3c(Cl)cc(C)nc3C(C)n3cccc(N)c3=O)cccc12. The van der Waals surface area contributed by atoms with E-state index in [0.29, 0.717) is 33.3 Å². The number of nitrogens with zero attached hydrogens (tertiary/aromatic N) is 4. The van der Waals surface area contributed by atoms with E-state index in [-0.39, 0.29) is 23.6 Å². The Labute approximate surface area is 226 Å². The number of allylic oxidation sites excluding steroid dienone is 2. The van der Waals surface area contributed by atoms with E-state index in [4.69, 9.17) is 32.0 Å². The van der Waals surface area contributed by atoms with Gasteiger partial charge >= 0.3 is 0 Å². The second kappa shape index (κ2) is 11.1. The first-order valence-electron chi connectivity index (χ1n) is 12.1. The van der Waals surface area contributed by atoms with Crippen molar-refractivity contribution >= 4 is 33.9 Å². The fraction of sp³-hybridized carbons (Fsp3) is 0.241. The van der Waals surface area contributed by atoms with Crippen LogP contribution in [0.1, 0.15) is 48.1 Å². The summed E-state index contributed by atoms with van der Waals surface area (Å²) in [6.45, 7) is 7.45. The standard InChI is InChI=1S/C29H30ClN5O3/c1-6-24(36)27(32-5)20-13-16(2)34-28-19(20)9-7-11-25(28)38-15-21-22(30)14-17(3)33-26(21)18(4)35-12-8-10-23(31)29(35)37/h6-14,18,36H,15,31H2,1-5H3/b24-6+,32-27-. The Morgan fingerprint density at radius 1 is 1.21 bits per heavy atom. The number of anilines is 1. The average Bonchev–Trinajstić information content (AvgIpc) is 2.89. The molecule has 1 unspecified atom stereocenters. The van der Waals surface area contributed by atoms with Crippen molar-refractivity contribution in [1.82, 2.24) is 14.5 Å². The van der Waals surface area contributed by atoms with E-state index in [1.165, 1.54) is 4.57 Å². The number of fused-ring (bicyclic) bond motifs is 1. The normalized spacial score (nSPS) is 13.1. The molecular formula is C29H30ClN5O3. The number of ether oxygens (including phenoxy) is 1.